The van der Waals surface area contributed by atoms with E-state index in [2.05, 4.69) is 12.0 Å². The van der Waals surface area contributed by atoms with E-state index in [0.717, 1.165) is 29.8 Å². The quantitative estimate of drug-likeness (QED) is 0.367. The number of allylic oxidation sites excluding steroid dienone is 1. The topological polar surface area (TPSA) is 64.1 Å². The molecule has 3 heteroatoms. The Bertz CT molecular complexity index is 294. The summed E-state index contributed by atoms with van der Waals surface area (Å²) in [6.45, 7) is 3.74. The maximum Gasteiger partial charge on any atom is 0.0346 e. The summed E-state index contributed by atoms with van der Waals surface area (Å²) in [5.41, 5.74) is 11.1. The molecule has 0 aliphatic heterocycles. The average Bonchev–Trinajstić information content (AvgIpc) is 2.16. The molecule has 0 bridgehead atoms. The number of nitrogens with one attached hydrogen (secondary N) is 1. The van der Waals surface area contributed by atoms with Crippen LogP contribution in [0.4, 0.5) is 5.69 Å². The van der Waals surface area contributed by atoms with E-state index in [0.29, 0.717) is 0 Å². The van der Waals surface area contributed by atoms with E-state index in [1.807, 2.05) is 24.3 Å². The van der Waals surface area contributed by atoms with Gasteiger partial charge in [0.05, 0.1) is 0 Å². The van der Waals surface area contributed by atoms with E-state index in [1.165, 1.54) is 0 Å². The molecule has 3 nitrogen and oxygen atoms in total. The van der Waals surface area contributed by atoms with Gasteiger partial charge < -0.3 is 11.2 Å². The van der Waals surface area contributed by atoms with Crippen molar-refractivity contribution in [3.8, 4) is 0 Å². The van der Waals surface area contributed by atoms with Crippen molar-refractivity contribution in [1.29, 1.82) is 0 Å². The number of benzene rings is 1. The highest BCUT2D eigenvalue weighted by Gasteiger charge is 1.98. The SMILES string of the molecule is C=C(CCc1ccccc1N)NN. The highest BCUT2D eigenvalue weighted by Crippen LogP contribution is 2.13. The predicted octanol–water partition coefficient (Wildman–Crippen LogP) is 1.18. The second kappa shape index (κ2) is 4.52. The molecule has 1 aromatic carbocycles. The molecule has 0 saturated carbocycles. The minimum absolute atomic E-state index is 0.810. The maximum atomic E-state index is 5.77. The van der Waals surface area contributed by atoms with Gasteiger partial charge in [0, 0.05) is 11.4 Å². The molecule has 70 valence electrons. The van der Waals surface area contributed by atoms with Crippen LogP contribution in [0.1, 0.15) is 12.0 Å². The Hall–Kier alpha value is -1.48. The molecule has 0 amide bonds. The van der Waals surface area contributed by atoms with E-state index in [-0.39, 0.29) is 0 Å². The van der Waals surface area contributed by atoms with E-state index in [4.69, 9.17) is 11.6 Å². The lowest BCUT2D eigenvalue weighted by atomic mass is 10.1. The Morgan fingerprint density at radius 3 is 2.69 bits per heavy atom. The van der Waals surface area contributed by atoms with Crippen LogP contribution in [0.15, 0.2) is 36.5 Å². The van der Waals surface area contributed by atoms with Crippen LogP contribution in [-0.2, 0) is 6.42 Å². The van der Waals surface area contributed by atoms with Crippen molar-refractivity contribution in [3.63, 3.8) is 0 Å². The summed E-state index contributed by atoms with van der Waals surface area (Å²) in [6.07, 6.45) is 1.68. The van der Waals surface area contributed by atoms with Gasteiger partial charge in [-0.2, -0.15) is 0 Å². The predicted molar refractivity (Wildman–Crippen MR) is 55.6 cm³/mol. The Balaban J connectivity index is 2.54. The van der Waals surface area contributed by atoms with Crippen molar-refractivity contribution in [2.24, 2.45) is 5.84 Å². The molecule has 0 unspecified atom stereocenters. The lowest BCUT2D eigenvalue weighted by Gasteiger charge is -2.06. The number of hydrogen-bond donors (Lipinski definition) is 3. The summed E-state index contributed by atoms with van der Waals surface area (Å²) >= 11 is 0. The largest absolute Gasteiger partial charge is 0.399 e. The van der Waals surface area contributed by atoms with Gasteiger partial charge in [0.1, 0.15) is 0 Å². The fourth-order valence-corrected chi connectivity index (χ4v) is 1.12. The number of rotatable bonds is 4. The first-order valence-corrected chi connectivity index (χ1v) is 4.22. The van der Waals surface area contributed by atoms with Gasteiger partial charge in [0.15, 0.2) is 0 Å². The molecule has 0 aliphatic rings. The van der Waals surface area contributed by atoms with Crippen LogP contribution in [0, 0.1) is 0 Å². The molecular formula is C10H15N3. The maximum absolute atomic E-state index is 5.77. The first-order chi connectivity index (χ1) is 6.24. The summed E-state index contributed by atoms with van der Waals surface area (Å²) in [7, 11) is 0. The van der Waals surface area contributed by atoms with Crippen LogP contribution in [0.2, 0.25) is 0 Å². The smallest absolute Gasteiger partial charge is 0.0346 e. The zero-order chi connectivity index (χ0) is 9.68. The summed E-state index contributed by atoms with van der Waals surface area (Å²) < 4.78 is 0. The molecule has 0 aromatic heterocycles. The Morgan fingerprint density at radius 2 is 2.08 bits per heavy atom. The van der Waals surface area contributed by atoms with Crippen LogP contribution in [0.25, 0.3) is 0 Å². The second-order valence-electron chi connectivity index (χ2n) is 2.95. The van der Waals surface area contributed by atoms with Gasteiger partial charge >= 0.3 is 0 Å². The number of para-hydroxylation sites is 1. The van der Waals surface area contributed by atoms with Crippen LogP contribution in [0.5, 0.6) is 0 Å². The van der Waals surface area contributed by atoms with Crippen molar-refractivity contribution in [2.45, 2.75) is 12.8 Å². The van der Waals surface area contributed by atoms with Gasteiger partial charge in [0.25, 0.3) is 0 Å². The third-order valence-corrected chi connectivity index (χ3v) is 1.96. The standard InChI is InChI=1S/C10H15N3/c1-8(13-12)6-7-9-4-2-3-5-10(9)11/h2-5,13H,1,6-7,11-12H2. The normalized spacial score (nSPS) is 9.62. The van der Waals surface area contributed by atoms with Crippen LogP contribution in [0.3, 0.4) is 0 Å². The van der Waals surface area contributed by atoms with Gasteiger partial charge in [0.2, 0.25) is 0 Å². The molecular weight excluding hydrogens is 162 g/mol. The zero-order valence-electron chi connectivity index (χ0n) is 7.59. The molecule has 0 aliphatic carbocycles. The molecule has 1 rings (SSSR count). The number of hydrazine groups is 1. The minimum Gasteiger partial charge on any atom is -0.399 e. The second-order valence-corrected chi connectivity index (χ2v) is 2.95. The van der Waals surface area contributed by atoms with Crippen molar-refractivity contribution in [2.75, 3.05) is 5.73 Å². The van der Waals surface area contributed by atoms with E-state index >= 15 is 0 Å². The first-order valence-electron chi connectivity index (χ1n) is 4.22. The Kier molecular flexibility index (Phi) is 3.34. The molecule has 1 aromatic rings. The molecule has 0 fully saturated rings. The first kappa shape index (κ1) is 9.61. The average molecular weight is 177 g/mol. The number of aryl methyl sites for hydroxylation is 1. The number of nitrogen functional groups attached to an aromatic ring is 1. The zero-order valence-corrected chi connectivity index (χ0v) is 7.59. The van der Waals surface area contributed by atoms with Crippen molar-refractivity contribution in [3.05, 3.63) is 42.1 Å². The fraction of sp³-hybridized carbons (Fsp3) is 0.200. The third kappa shape index (κ3) is 2.80. The molecule has 0 heterocycles. The highest BCUT2D eigenvalue weighted by molar-refractivity contribution is 5.46. The van der Waals surface area contributed by atoms with Crippen LogP contribution < -0.4 is 17.0 Å². The molecule has 5 N–H and O–H groups in total. The molecule has 0 saturated heterocycles. The van der Waals surface area contributed by atoms with Crippen molar-refractivity contribution >= 4 is 5.69 Å². The third-order valence-electron chi connectivity index (χ3n) is 1.96. The lowest BCUT2D eigenvalue weighted by Crippen LogP contribution is -2.20. The van der Waals surface area contributed by atoms with Crippen LogP contribution in [-0.4, -0.2) is 0 Å². The van der Waals surface area contributed by atoms with Gasteiger partial charge in [-0.05, 0) is 24.5 Å². The fourth-order valence-electron chi connectivity index (χ4n) is 1.12. The van der Waals surface area contributed by atoms with Crippen molar-refractivity contribution in [1.82, 2.24) is 5.43 Å². The lowest BCUT2D eigenvalue weighted by molar-refractivity contribution is 0.792. The minimum atomic E-state index is 0.810. The van der Waals surface area contributed by atoms with E-state index in [1.54, 1.807) is 0 Å². The summed E-state index contributed by atoms with van der Waals surface area (Å²) in [4.78, 5) is 0. The van der Waals surface area contributed by atoms with Crippen molar-refractivity contribution < 1.29 is 0 Å². The molecule has 0 radical (unpaired) electrons. The summed E-state index contributed by atoms with van der Waals surface area (Å²) in [6, 6.07) is 7.81. The Morgan fingerprint density at radius 1 is 1.38 bits per heavy atom. The number of nitrogens with two attached hydrogens (primary N) is 2. The monoisotopic (exact) mass is 177 g/mol. The molecule has 0 atom stereocenters. The Labute approximate surface area is 78.4 Å². The summed E-state index contributed by atoms with van der Waals surface area (Å²) in [5, 5.41) is 0. The van der Waals surface area contributed by atoms with Gasteiger partial charge in [-0.25, -0.2) is 0 Å². The van der Waals surface area contributed by atoms with Crippen LogP contribution >= 0.6 is 0 Å². The number of hydrogen-bond acceptors (Lipinski definition) is 3. The number of anilines is 1. The van der Waals surface area contributed by atoms with Gasteiger partial charge in [-0.3, -0.25) is 5.84 Å². The molecule has 13 heavy (non-hydrogen) atoms. The van der Waals surface area contributed by atoms with Gasteiger partial charge in [-0.1, -0.05) is 24.8 Å². The molecule has 0 spiro atoms. The van der Waals surface area contributed by atoms with E-state index in [9.17, 15) is 0 Å². The highest BCUT2D eigenvalue weighted by atomic mass is 15.2. The summed E-state index contributed by atoms with van der Waals surface area (Å²) in [5.74, 6) is 5.19. The van der Waals surface area contributed by atoms with Gasteiger partial charge in [-0.15, -0.1) is 0 Å². The van der Waals surface area contributed by atoms with E-state index < -0.39 is 0 Å².